The van der Waals surface area contributed by atoms with E-state index in [1.807, 2.05) is 6.07 Å². The number of halogens is 1. The van der Waals surface area contributed by atoms with Crippen molar-refractivity contribution in [3.05, 3.63) is 28.8 Å². The topological polar surface area (TPSA) is 54.4 Å². The van der Waals surface area contributed by atoms with Crippen molar-refractivity contribution < 1.29 is 14.7 Å². The predicted molar refractivity (Wildman–Crippen MR) is 66.9 cm³/mol. The molecular weight excluding hydrogens is 260 g/mol. The van der Waals surface area contributed by atoms with Gasteiger partial charge in [-0.1, -0.05) is 11.6 Å². The number of carbonyl (C=O) groups excluding carboxylic acids is 1. The van der Waals surface area contributed by atoms with E-state index < -0.39 is 11.9 Å². The fraction of sp³-hybridized carbons (Fsp3) is 0.333. The molecule has 1 aliphatic rings. The molecule has 0 radical (unpaired) electrons. The first-order valence-electron chi connectivity index (χ1n) is 5.26. The third-order valence-electron chi connectivity index (χ3n) is 2.72. The van der Waals surface area contributed by atoms with Gasteiger partial charge in [-0.3, -0.25) is 9.59 Å². The van der Waals surface area contributed by atoms with Gasteiger partial charge in [0.05, 0.1) is 6.42 Å². The minimum Gasteiger partial charge on any atom is -0.481 e. The molecule has 3 nitrogen and oxygen atoms in total. The Hall–Kier alpha value is -1.00. The number of aliphatic carboxylic acids is 1. The molecule has 17 heavy (non-hydrogen) atoms. The van der Waals surface area contributed by atoms with Gasteiger partial charge in [0.2, 0.25) is 0 Å². The Balaban J connectivity index is 2.34. The second-order valence-electron chi connectivity index (χ2n) is 3.94. The van der Waals surface area contributed by atoms with Gasteiger partial charge in [0.1, 0.15) is 0 Å². The van der Waals surface area contributed by atoms with E-state index in [-0.39, 0.29) is 12.2 Å². The number of benzene rings is 1. The summed E-state index contributed by atoms with van der Waals surface area (Å²) in [5.41, 5.74) is 0.561. The first kappa shape index (κ1) is 12.5. The monoisotopic (exact) mass is 270 g/mol. The number of Topliss-reactive ketones (excluding diaryl/α,β-unsaturated/α-hetero) is 1. The molecule has 0 spiro atoms. The summed E-state index contributed by atoms with van der Waals surface area (Å²) < 4.78 is 0. The summed E-state index contributed by atoms with van der Waals surface area (Å²) >= 11 is 7.45. The first-order valence-corrected chi connectivity index (χ1v) is 6.62. The van der Waals surface area contributed by atoms with Crippen LogP contribution in [0.3, 0.4) is 0 Å². The maximum absolute atomic E-state index is 12.2. The van der Waals surface area contributed by atoms with E-state index in [2.05, 4.69) is 0 Å². The average Bonchev–Trinajstić information content (AvgIpc) is 2.40. The lowest BCUT2D eigenvalue weighted by molar-refractivity contribution is -0.137. The van der Waals surface area contributed by atoms with Crippen LogP contribution in [0.2, 0.25) is 5.02 Å². The number of ketones is 1. The molecule has 2 rings (SSSR count). The Morgan fingerprint density at radius 3 is 3.00 bits per heavy atom. The highest BCUT2D eigenvalue weighted by Crippen LogP contribution is 2.34. The molecule has 1 unspecified atom stereocenters. The molecule has 0 saturated carbocycles. The van der Waals surface area contributed by atoms with Crippen molar-refractivity contribution >= 4 is 35.1 Å². The van der Waals surface area contributed by atoms with Gasteiger partial charge in [-0.2, -0.15) is 0 Å². The van der Waals surface area contributed by atoms with Crippen LogP contribution in [0.4, 0.5) is 0 Å². The van der Waals surface area contributed by atoms with Gasteiger partial charge < -0.3 is 5.11 Å². The third-order valence-corrected chi connectivity index (χ3v) is 4.06. The molecular formula is C12H11ClO3S. The fourth-order valence-corrected chi connectivity index (χ4v) is 3.16. The second kappa shape index (κ2) is 5.10. The van der Waals surface area contributed by atoms with Gasteiger partial charge in [-0.15, -0.1) is 11.8 Å². The summed E-state index contributed by atoms with van der Waals surface area (Å²) in [6.45, 7) is 0. The molecule has 0 fully saturated rings. The van der Waals surface area contributed by atoms with Crippen LogP contribution < -0.4 is 0 Å². The predicted octanol–water partition coefficient (Wildman–Crippen LogP) is 3.11. The van der Waals surface area contributed by atoms with Crippen molar-refractivity contribution in [2.45, 2.75) is 17.7 Å². The molecule has 1 atom stereocenters. The highest BCUT2D eigenvalue weighted by Gasteiger charge is 2.27. The van der Waals surface area contributed by atoms with Crippen molar-refractivity contribution in [2.75, 3.05) is 5.75 Å². The first-order chi connectivity index (χ1) is 8.08. The quantitative estimate of drug-likeness (QED) is 0.897. The number of hydrogen-bond acceptors (Lipinski definition) is 3. The molecule has 5 heteroatoms. The van der Waals surface area contributed by atoms with Gasteiger partial charge in [-0.05, 0) is 30.4 Å². The van der Waals surface area contributed by atoms with Crippen LogP contribution in [0, 0.1) is 5.92 Å². The molecule has 0 bridgehead atoms. The van der Waals surface area contributed by atoms with Crippen molar-refractivity contribution in [1.29, 1.82) is 0 Å². The normalized spacial score (nSPS) is 19.6. The molecule has 0 amide bonds. The molecule has 1 aromatic carbocycles. The van der Waals surface area contributed by atoms with Gasteiger partial charge in [0.15, 0.2) is 5.78 Å². The lowest BCUT2D eigenvalue weighted by Crippen LogP contribution is -2.18. The summed E-state index contributed by atoms with van der Waals surface area (Å²) in [6.07, 6.45) is 0.493. The van der Waals surface area contributed by atoms with E-state index in [0.717, 1.165) is 10.6 Å². The third kappa shape index (κ3) is 2.82. The lowest BCUT2D eigenvalue weighted by Gasteiger charge is -2.10. The summed E-state index contributed by atoms with van der Waals surface area (Å²) in [6, 6.07) is 5.20. The maximum atomic E-state index is 12.2. The van der Waals surface area contributed by atoms with Crippen LogP contribution in [-0.2, 0) is 4.79 Å². The molecule has 0 aromatic heterocycles. The number of fused-ring (bicyclic) bond motifs is 1. The Bertz CT molecular complexity index is 473. The van der Waals surface area contributed by atoms with E-state index in [0.29, 0.717) is 17.0 Å². The number of carbonyl (C=O) groups is 2. The standard InChI is InChI=1S/C12H11ClO3S/c13-8-1-2-10-9(6-8)12(16)7(3-4-17-10)5-11(14)15/h1-2,6-7H,3-5H2,(H,14,15). The van der Waals surface area contributed by atoms with Gasteiger partial charge in [0, 0.05) is 21.4 Å². The van der Waals surface area contributed by atoms with Crippen LogP contribution in [0.25, 0.3) is 0 Å². The Morgan fingerprint density at radius 2 is 2.29 bits per heavy atom. The summed E-state index contributed by atoms with van der Waals surface area (Å²) in [5.74, 6) is -0.702. The number of carboxylic acids is 1. The number of carboxylic acid groups (broad SMARTS) is 1. The largest absolute Gasteiger partial charge is 0.481 e. The second-order valence-corrected chi connectivity index (χ2v) is 5.51. The minimum absolute atomic E-state index is 0.102. The smallest absolute Gasteiger partial charge is 0.304 e. The number of rotatable bonds is 2. The maximum Gasteiger partial charge on any atom is 0.304 e. The lowest BCUT2D eigenvalue weighted by atomic mass is 9.92. The molecule has 0 aliphatic carbocycles. The highest BCUT2D eigenvalue weighted by atomic mass is 35.5. The molecule has 1 heterocycles. The summed E-state index contributed by atoms with van der Waals surface area (Å²) in [7, 11) is 0. The van der Waals surface area contributed by atoms with Crippen LogP contribution >= 0.6 is 23.4 Å². The number of hydrogen-bond donors (Lipinski definition) is 1. The van der Waals surface area contributed by atoms with Gasteiger partial charge in [0.25, 0.3) is 0 Å². The van der Waals surface area contributed by atoms with E-state index in [9.17, 15) is 9.59 Å². The molecule has 90 valence electrons. The fourth-order valence-electron chi connectivity index (χ4n) is 1.89. The SMILES string of the molecule is O=C(O)CC1CCSc2ccc(Cl)cc2C1=O. The van der Waals surface area contributed by atoms with E-state index in [1.165, 1.54) is 0 Å². The van der Waals surface area contributed by atoms with Crippen LogP contribution in [0.1, 0.15) is 23.2 Å². The van der Waals surface area contributed by atoms with E-state index in [4.69, 9.17) is 16.7 Å². The molecule has 1 aromatic rings. The Kier molecular flexibility index (Phi) is 3.74. The highest BCUT2D eigenvalue weighted by molar-refractivity contribution is 7.99. The molecule has 1 aliphatic heterocycles. The van der Waals surface area contributed by atoms with Crippen molar-refractivity contribution in [1.82, 2.24) is 0 Å². The van der Waals surface area contributed by atoms with Crippen molar-refractivity contribution in [2.24, 2.45) is 5.92 Å². The zero-order valence-electron chi connectivity index (χ0n) is 8.98. The van der Waals surface area contributed by atoms with E-state index in [1.54, 1.807) is 23.9 Å². The average molecular weight is 271 g/mol. The molecule has 0 saturated heterocycles. The van der Waals surface area contributed by atoms with Crippen LogP contribution in [0.5, 0.6) is 0 Å². The summed E-state index contributed by atoms with van der Waals surface area (Å²) in [5, 5.41) is 9.30. The Labute approximate surface area is 108 Å². The molecule has 1 N–H and O–H groups in total. The van der Waals surface area contributed by atoms with Gasteiger partial charge in [-0.25, -0.2) is 0 Å². The number of thioether (sulfide) groups is 1. The van der Waals surface area contributed by atoms with Crippen molar-refractivity contribution in [3.63, 3.8) is 0 Å². The summed E-state index contributed by atoms with van der Waals surface area (Å²) in [4.78, 5) is 23.8. The van der Waals surface area contributed by atoms with Crippen LogP contribution in [-0.4, -0.2) is 22.6 Å². The Morgan fingerprint density at radius 1 is 1.53 bits per heavy atom. The van der Waals surface area contributed by atoms with Crippen molar-refractivity contribution in [3.8, 4) is 0 Å². The van der Waals surface area contributed by atoms with Gasteiger partial charge >= 0.3 is 5.97 Å². The van der Waals surface area contributed by atoms with Crippen LogP contribution in [0.15, 0.2) is 23.1 Å². The van der Waals surface area contributed by atoms with E-state index >= 15 is 0 Å². The zero-order valence-corrected chi connectivity index (χ0v) is 10.6. The zero-order chi connectivity index (χ0) is 12.4. The minimum atomic E-state index is -0.932.